The molecule has 1 aromatic carbocycles. The number of anilines is 1. The molecule has 0 atom stereocenters. The van der Waals surface area contributed by atoms with Crippen molar-refractivity contribution in [2.75, 3.05) is 25.0 Å². The van der Waals surface area contributed by atoms with E-state index < -0.39 is 0 Å². The van der Waals surface area contributed by atoms with Crippen LogP contribution in [0.15, 0.2) is 22.7 Å². The third kappa shape index (κ3) is 4.76. The second-order valence-electron chi connectivity index (χ2n) is 4.30. The SMILES string of the molecule is CCN(CC)C(=O)CCNc1ccc(C(N)=S)cc1Br. The van der Waals surface area contributed by atoms with Gasteiger partial charge in [-0.05, 0) is 48.0 Å². The maximum absolute atomic E-state index is 11.9. The van der Waals surface area contributed by atoms with E-state index in [1.165, 1.54) is 0 Å². The fourth-order valence-corrected chi connectivity index (χ4v) is 2.50. The van der Waals surface area contributed by atoms with E-state index in [-0.39, 0.29) is 5.91 Å². The molecular weight excluding hydrogens is 338 g/mol. The van der Waals surface area contributed by atoms with E-state index in [9.17, 15) is 4.79 Å². The largest absolute Gasteiger partial charge is 0.389 e. The van der Waals surface area contributed by atoms with Crippen molar-refractivity contribution in [3.8, 4) is 0 Å². The van der Waals surface area contributed by atoms with Gasteiger partial charge in [0.25, 0.3) is 0 Å². The fourth-order valence-electron chi connectivity index (χ4n) is 1.85. The van der Waals surface area contributed by atoms with Crippen LogP contribution in [0, 0.1) is 0 Å². The number of amides is 1. The summed E-state index contributed by atoms with van der Waals surface area (Å²) in [5.41, 5.74) is 7.32. The van der Waals surface area contributed by atoms with Crippen molar-refractivity contribution in [3.63, 3.8) is 0 Å². The molecule has 0 aliphatic carbocycles. The van der Waals surface area contributed by atoms with E-state index in [0.29, 0.717) is 18.0 Å². The van der Waals surface area contributed by atoms with Crippen LogP contribution in [0.4, 0.5) is 5.69 Å². The minimum absolute atomic E-state index is 0.165. The molecule has 0 saturated carbocycles. The molecule has 4 nitrogen and oxygen atoms in total. The van der Waals surface area contributed by atoms with Gasteiger partial charge in [-0.2, -0.15) is 0 Å². The van der Waals surface area contributed by atoms with E-state index in [4.69, 9.17) is 18.0 Å². The summed E-state index contributed by atoms with van der Waals surface area (Å²) >= 11 is 8.39. The number of carbonyl (C=O) groups excluding carboxylic acids is 1. The van der Waals surface area contributed by atoms with Gasteiger partial charge in [-0.25, -0.2) is 0 Å². The third-order valence-corrected chi connectivity index (χ3v) is 3.92. The van der Waals surface area contributed by atoms with E-state index in [2.05, 4.69) is 21.2 Å². The Balaban J connectivity index is 2.54. The molecule has 0 radical (unpaired) electrons. The van der Waals surface area contributed by atoms with Gasteiger partial charge in [0.05, 0.1) is 0 Å². The number of hydrogen-bond donors (Lipinski definition) is 2. The summed E-state index contributed by atoms with van der Waals surface area (Å²) in [6.07, 6.45) is 0.477. The van der Waals surface area contributed by atoms with Crippen LogP contribution in [0.2, 0.25) is 0 Å². The van der Waals surface area contributed by atoms with E-state index >= 15 is 0 Å². The molecule has 0 aliphatic heterocycles. The molecule has 1 rings (SSSR count). The molecule has 1 amide bonds. The summed E-state index contributed by atoms with van der Waals surface area (Å²) in [5.74, 6) is 0.165. The fraction of sp³-hybridized carbons (Fsp3) is 0.429. The Morgan fingerprint density at radius 1 is 1.40 bits per heavy atom. The van der Waals surface area contributed by atoms with Crippen LogP contribution >= 0.6 is 28.1 Å². The van der Waals surface area contributed by atoms with Crippen LogP contribution in [-0.2, 0) is 4.79 Å². The highest BCUT2D eigenvalue weighted by molar-refractivity contribution is 9.10. The Morgan fingerprint density at radius 2 is 2.05 bits per heavy atom. The standard InChI is InChI=1S/C14H20BrN3OS/c1-3-18(4-2)13(19)7-8-17-12-6-5-10(14(16)20)9-11(12)15/h5-6,9,17H,3-4,7-8H2,1-2H3,(H2,16,20). The molecule has 0 saturated heterocycles. The molecule has 0 spiro atoms. The first-order valence-electron chi connectivity index (χ1n) is 6.60. The lowest BCUT2D eigenvalue weighted by atomic mass is 10.2. The number of nitrogens with one attached hydrogen (secondary N) is 1. The Bertz CT molecular complexity index is 489. The number of nitrogens with two attached hydrogens (primary N) is 1. The monoisotopic (exact) mass is 357 g/mol. The topological polar surface area (TPSA) is 58.4 Å². The molecular formula is C14H20BrN3OS. The number of rotatable bonds is 7. The number of nitrogens with zero attached hydrogens (tertiary/aromatic N) is 1. The first-order valence-corrected chi connectivity index (χ1v) is 7.80. The highest BCUT2D eigenvalue weighted by Crippen LogP contribution is 2.23. The zero-order valence-corrected chi connectivity index (χ0v) is 14.2. The van der Waals surface area contributed by atoms with Gasteiger partial charge >= 0.3 is 0 Å². The summed E-state index contributed by atoms with van der Waals surface area (Å²) in [5, 5.41) is 3.23. The summed E-state index contributed by atoms with van der Waals surface area (Å²) in [6, 6.07) is 5.64. The van der Waals surface area contributed by atoms with Crippen LogP contribution in [0.25, 0.3) is 0 Å². The van der Waals surface area contributed by atoms with E-state index in [1.807, 2.05) is 36.9 Å². The first kappa shape index (κ1) is 16.9. The lowest BCUT2D eigenvalue weighted by Crippen LogP contribution is -2.31. The molecule has 0 fully saturated rings. The molecule has 0 aliphatic rings. The highest BCUT2D eigenvalue weighted by Gasteiger charge is 2.09. The Hall–Kier alpha value is -1.14. The van der Waals surface area contributed by atoms with Gasteiger partial charge in [-0.15, -0.1) is 0 Å². The summed E-state index contributed by atoms with van der Waals surface area (Å²) in [6.45, 7) is 6.07. The lowest BCUT2D eigenvalue weighted by Gasteiger charge is -2.19. The van der Waals surface area contributed by atoms with E-state index in [0.717, 1.165) is 28.8 Å². The minimum atomic E-state index is 0.165. The van der Waals surface area contributed by atoms with Crippen LogP contribution in [0.3, 0.4) is 0 Å². The van der Waals surface area contributed by atoms with Gasteiger partial charge in [0.15, 0.2) is 0 Å². The normalized spacial score (nSPS) is 10.2. The Morgan fingerprint density at radius 3 is 2.55 bits per heavy atom. The zero-order chi connectivity index (χ0) is 15.1. The van der Waals surface area contributed by atoms with Crippen molar-refractivity contribution in [2.45, 2.75) is 20.3 Å². The van der Waals surface area contributed by atoms with Crippen molar-refractivity contribution in [1.29, 1.82) is 0 Å². The summed E-state index contributed by atoms with van der Waals surface area (Å²) in [7, 11) is 0. The molecule has 3 N–H and O–H groups in total. The quantitative estimate of drug-likeness (QED) is 0.736. The van der Waals surface area contributed by atoms with Crippen LogP contribution in [0.1, 0.15) is 25.8 Å². The molecule has 0 heterocycles. The Kier molecular flexibility index (Phi) is 6.95. The molecule has 110 valence electrons. The number of benzene rings is 1. The Labute approximate surface area is 133 Å². The maximum Gasteiger partial charge on any atom is 0.224 e. The first-order chi connectivity index (χ1) is 9.49. The lowest BCUT2D eigenvalue weighted by molar-refractivity contribution is -0.130. The van der Waals surface area contributed by atoms with Gasteiger partial charge in [0.2, 0.25) is 5.91 Å². The van der Waals surface area contributed by atoms with Crippen molar-refractivity contribution in [3.05, 3.63) is 28.2 Å². The average Bonchev–Trinajstić information content (AvgIpc) is 2.41. The van der Waals surface area contributed by atoms with Crippen molar-refractivity contribution in [2.24, 2.45) is 5.73 Å². The van der Waals surface area contributed by atoms with Gasteiger partial charge in [0.1, 0.15) is 4.99 Å². The van der Waals surface area contributed by atoms with Gasteiger partial charge in [-0.3, -0.25) is 4.79 Å². The second-order valence-corrected chi connectivity index (χ2v) is 5.60. The smallest absolute Gasteiger partial charge is 0.224 e. The predicted molar refractivity (Wildman–Crippen MR) is 91.1 cm³/mol. The number of thiocarbonyl (C=S) groups is 1. The van der Waals surface area contributed by atoms with Crippen LogP contribution in [-0.4, -0.2) is 35.4 Å². The predicted octanol–water partition coefficient (Wildman–Crippen LogP) is 2.75. The molecule has 0 aromatic heterocycles. The molecule has 6 heteroatoms. The third-order valence-electron chi connectivity index (χ3n) is 3.02. The van der Waals surface area contributed by atoms with Crippen molar-refractivity contribution < 1.29 is 4.79 Å². The minimum Gasteiger partial charge on any atom is -0.389 e. The number of halogens is 1. The van der Waals surface area contributed by atoms with Crippen molar-refractivity contribution >= 4 is 44.7 Å². The number of carbonyl (C=O) groups is 1. The van der Waals surface area contributed by atoms with Gasteiger partial charge in [-0.1, -0.05) is 12.2 Å². The highest BCUT2D eigenvalue weighted by atomic mass is 79.9. The van der Waals surface area contributed by atoms with E-state index in [1.54, 1.807) is 0 Å². The number of hydrogen-bond acceptors (Lipinski definition) is 3. The van der Waals surface area contributed by atoms with Gasteiger partial charge in [0, 0.05) is 41.8 Å². The zero-order valence-electron chi connectivity index (χ0n) is 11.8. The second kappa shape index (κ2) is 8.21. The van der Waals surface area contributed by atoms with Crippen LogP contribution < -0.4 is 11.1 Å². The maximum atomic E-state index is 11.9. The molecule has 20 heavy (non-hydrogen) atoms. The molecule has 0 unspecified atom stereocenters. The molecule has 0 bridgehead atoms. The summed E-state index contributed by atoms with van der Waals surface area (Å²) in [4.78, 5) is 14.1. The van der Waals surface area contributed by atoms with Crippen molar-refractivity contribution in [1.82, 2.24) is 4.90 Å². The molecule has 1 aromatic rings. The van der Waals surface area contributed by atoms with Gasteiger partial charge < -0.3 is 16.0 Å². The van der Waals surface area contributed by atoms with Crippen LogP contribution in [0.5, 0.6) is 0 Å². The average molecular weight is 358 g/mol. The summed E-state index contributed by atoms with van der Waals surface area (Å²) < 4.78 is 0.887.